The molecule has 0 amide bonds. The van der Waals surface area contributed by atoms with Crippen LogP contribution in [0.5, 0.6) is 11.5 Å². The predicted octanol–water partition coefficient (Wildman–Crippen LogP) is 4.17. The molecule has 0 unspecified atom stereocenters. The zero-order valence-corrected chi connectivity index (χ0v) is 14.1. The van der Waals surface area contributed by atoms with Gasteiger partial charge in [-0.05, 0) is 30.3 Å². The van der Waals surface area contributed by atoms with E-state index >= 15 is 0 Å². The van der Waals surface area contributed by atoms with Crippen molar-refractivity contribution in [1.29, 1.82) is 0 Å². The number of ether oxygens (including phenoxy) is 2. The summed E-state index contributed by atoms with van der Waals surface area (Å²) in [5.74, 6) is 1.54. The Morgan fingerprint density at radius 1 is 1.04 bits per heavy atom. The summed E-state index contributed by atoms with van der Waals surface area (Å²) in [7, 11) is 3.30. The number of para-hydroxylation sites is 2. The number of fused-ring (bicyclic) bond motifs is 1. The van der Waals surface area contributed by atoms with Crippen molar-refractivity contribution < 1.29 is 9.47 Å². The Morgan fingerprint density at radius 3 is 2.75 bits per heavy atom. The number of thiazole rings is 1. The van der Waals surface area contributed by atoms with Gasteiger partial charge in [-0.15, -0.1) is 11.3 Å². The first-order valence-corrected chi connectivity index (χ1v) is 8.28. The van der Waals surface area contributed by atoms with Gasteiger partial charge in [0.2, 0.25) is 0 Å². The number of nitrogens with zero attached hydrogens (tertiary/aromatic N) is 3. The molecule has 0 fully saturated rings. The van der Waals surface area contributed by atoms with E-state index in [1.807, 2.05) is 52.4 Å². The number of rotatable bonds is 4. The number of methoxy groups -OCH3 is 2. The maximum absolute atomic E-state index is 5.46. The first-order chi connectivity index (χ1) is 11.8. The number of imidazole rings is 1. The van der Waals surface area contributed by atoms with Gasteiger partial charge in [0.05, 0.1) is 30.9 Å². The van der Waals surface area contributed by atoms with E-state index in [1.54, 1.807) is 31.9 Å². The van der Waals surface area contributed by atoms with Crippen LogP contribution in [0.4, 0.5) is 0 Å². The number of hydrogen-bond donors (Lipinski definition) is 0. The lowest BCUT2D eigenvalue weighted by Gasteiger charge is -2.08. The van der Waals surface area contributed by atoms with Crippen LogP contribution in [0, 0.1) is 0 Å². The second kappa shape index (κ2) is 5.98. The van der Waals surface area contributed by atoms with Gasteiger partial charge < -0.3 is 9.47 Å². The van der Waals surface area contributed by atoms with Crippen molar-refractivity contribution in [2.75, 3.05) is 14.2 Å². The van der Waals surface area contributed by atoms with Crippen molar-refractivity contribution in [2.45, 2.75) is 0 Å². The quantitative estimate of drug-likeness (QED) is 0.561. The molecule has 0 aliphatic heterocycles. The van der Waals surface area contributed by atoms with E-state index in [2.05, 4.69) is 4.98 Å². The maximum Gasteiger partial charge on any atom is 0.195 e. The van der Waals surface area contributed by atoms with Crippen molar-refractivity contribution in [3.8, 4) is 27.9 Å². The summed E-state index contributed by atoms with van der Waals surface area (Å²) >= 11 is 1.57. The molecular formula is C18H15N3O2S. The molecule has 0 spiro atoms. The fraction of sp³-hybridized carbons (Fsp3) is 0.111. The minimum Gasteiger partial charge on any atom is -0.497 e. The van der Waals surface area contributed by atoms with Crippen LogP contribution in [-0.2, 0) is 0 Å². The van der Waals surface area contributed by atoms with Crippen molar-refractivity contribution in [2.24, 2.45) is 0 Å². The molecule has 5 nitrogen and oxygen atoms in total. The van der Waals surface area contributed by atoms with Gasteiger partial charge >= 0.3 is 0 Å². The lowest BCUT2D eigenvalue weighted by atomic mass is 10.1. The van der Waals surface area contributed by atoms with Gasteiger partial charge in [-0.2, -0.15) is 0 Å². The summed E-state index contributed by atoms with van der Waals surface area (Å²) in [6, 6.07) is 13.7. The molecule has 0 bridgehead atoms. The van der Waals surface area contributed by atoms with Gasteiger partial charge in [0.25, 0.3) is 0 Å². The monoisotopic (exact) mass is 337 g/mol. The zero-order valence-electron chi connectivity index (χ0n) is 13.3. The summed E-state index contributed by atoms with van der Waals surface area (Å²) in [4.78, 5) is 9.19. The second-order valence-electron chi connectivity index (χ2n) is 5.18. The summed E-state index contributed by atoms with van der Waals surface area (Å²) < 4.78 is 12.8. The predicted molar refractivity (Wildman–Crippen MR) is 95.3 cm³/mol. The second-order valence-corrected chi connectivity index (χ2v) is 6.02. The van der Waals surface area contributed by atoms with Gasteiger partial charge in [-0.25, -0.2) is 9.97 Å². The highest BCUT2D eigenvalue weighted by atomic mass is 32.1. The number of benzene rings is 2. The van der Waals surface area contributed by atoms with Gasteiger partial charge in [0.15, 0.2) is 5.13 Å². The van der Waals surface area contributed by atoms with Crippen LogP contribution in [0.2, 0.25) is 0 Å². The summed E-state index contributed by atoms with van der Waals surface area (Å²) in [6.45, 7) is 0. The molecule has 4 aromatic rings. The summed E-state index contributed by atoms with van der Waals surface area (Å²) in [6.07, 6.45) is 1.80. The normalized spacial score (nSPS) is 10.9. The van der Waals surface area contributed by atoms with E-state index in [4.69, 9.17) is 14.5 Å². The van der Waals surface area contributed by atoms with Gasteiger partial charge in [0, 0.05) is 10.9 Å². The molecule has 2 heterocycles. The van der Waals surface area contributed by atoms with Crippen LogP contribution >= 0.6 is 11.3 Å². The van der Waals surface area contributed by atoms with Crippen LogP contribution in [0.15, 0.2) is 54.2 Å². The van der Waals surface area contributed by atoms with E-state index in [-0.39, 0.29) is 0 Å². The lowest BCUT2D eigenvalue weighted by molar-refractivity contribution is 0.404. The van der Waals surface area contributed by atoms with Crippen LogP contribution in [-0.4, -0.2) is 28.8 Å². The van der Waals surface area contributed by atoms with E-state index in [0.717, 1.165) is 38.9 Å². The molecule has 0 radical (unpaired) electrons. The van der Waals surface area contributed by atoms with Gasteiger partial charge in [-0.3, -0.25) is 4.57 Å². The minimum absolute atomic E-state index is 0.767. The molecule has 4 rings (SSSR count). The van der Waals surface area contributed by atoms with Crippen molar-refractivity contribution >= 4 is 22.4 Å². The summed E-state index contributed by atoms with van der Waals surface area (Å²) in [5.41, 5.74) is 3.75. The highest BCUT2D eigenvalue weighted by molar-refractivity contribution is 7.12. The van der Waals surface area contributed by atoms with Crippen LogP contribution in [0.25, 0.3) is 27.4 Å². The topological polar surface area (TPSA) is 49.2 Å². The van der Waals surface area contributed by atoms with Crippen molar-refractivity contribution in [1.82, 2.24) is 14.5 Å². The Hall–Kier alpha value is -2.86. The smallest absolute Gasteiger partial charge is 0.195 e. The lowest BCUT2D eigenvalue weighted by Crippen LogP contribution is -1.93. The molecule has 2 aromatic heterocycles. The Morgan fingerprint density at radius 2 is 1.92 bits per heavy atom. The molecule has 0 saturated heterocycles. The number of hydrogen-bond acceptors (Lipinski definition) is 5. The fourth-order valence-corrected chi connectivity index (χ4v) is 3.43. The molecule has 0 aliphatic carbocycles. The standard InChI is InChI=1S/C18H15N3O2S/c1-22-12-7-8-17(23-2)13(9-12)15-10-24-18(20-15)21-11-19-14-5-3-4-6-16(14)21/h3-11H,1-2H3. The number of aromatic nitrogens is 3. The Balaban J connectivity index is 1.81. The molecule has 2 aromatic carbocycles. The first-order valence-electron chi connectivity index (χ1n) is 7.40. The zero-order chi connectivity index (χ0) is 16.5. The average Bonchev–Trinajstić information content (AvgIpc) is 3.27. The SMILES string of the molecule is COc1ccc(OC)c(-c2csc(-n3cnc4ccccc43)n2)c1. The molecule has 0 saturated carbocycles. The first kappa shape index (κ1) is 14.7. The minimum atomic E-state index is 0.767. The molecular weight excluding hydrogens is 322 g/mol. The largest absolute Gasteiger partial charge is 0.497 e. The summed E-state index contributed by atoms with van der Waals surface area (Å²) in [5, 5.41) is 2.88. The van der Waals surface area contributed by atoms with Gasteiger partial charge in [0.1, 0.15) is 17.8 Å². The Bertz CT molecular complexity index is 1010. The third-order valence-corrected chi connectivity index (χ3v) is 4.67. The highest BCUT2D eigenvalue weighted by Gasteiger charge is 2.13. The van der Waals surface area contributed by atoms with Crippen LogP contribution in [0.3, 0.4) is 0 Å². The van der Waals surface area contributed by atoms with Gasteiger partial charge in [-0.1, -0.05) is 12.1 Å². The highest BCUT2D eigenvalue weighted by Crippen LogP contribution is 2.35. The fourth-order valence-electron chi connectivity index (χ4n) is 2.62. The van der Waals surface area contributed by atoms with E-state index in [9.17, 15) is 0 Å². The average molecular weight is 337 g/mol. The maximum atomic E-state index is 5.46. The molecule has 6 heteroatoms. The van der Waals surface area contributed by atoms with E-state index < -0.39 is 0 Å². The Kier molecular flexibility index (Phi) is 3.66. The van der Waals surface area contributed by atoms with Crippen molar-refractivity contribution in [3.63, 3.8) is 0 Å². The van der Waals surface area contributed by atoms with Crippen LogP contribution in [0.1, 0.15) is 0 Å². The molecule has 24 heavy (non-hydrogen) atoms. The van der Waals surface area contributed by atoms with E-state index in [1.165, 1.54) is 0 Å². The van der Waals surface area contributed by atoms with Crippen LogP contribution < -0.4 is 9.47 Å². The molecule has 0 atom stereocenters. The molecule has 120 valence electrons. The third-order valence-electron chi connectivity index (χ3n) is 3.83. The van der Waals surface area contributed by atoms with Crippen molar-refractivity contribution in [3.05, 3.63) is 54.2 Å². The molecule has 0 N–H and O–H groups in total. The third kappa shape index (κ3) is 2.41. The Labute approximate surface area is 143 Å². The molecule has 0 aliphatic rings. The van der Waals surface area contributed by atoms with E-state index in [0.29, 0.717) is 0 Å².